The fraction of sp³-hybridized carbons (Fsp3) is 0.130. The maximum atomic E-state index is 14.1. The van der Waals surface area contributed by atoms with Crippen LogP contribution in [-0.4, -0.2) is 16.3 Å². The minimum Gasteiger partial charge on any atom is -0.454 e. The quantitative estimate of drug-likeness (QED) is 0.333. The second-order valence-electron chi connectivity index (χ2n) is 7.01. The lowest BCUT2D eigenvalue weighted by molar-refractivity contribution is 0.174. The van der Waals surface area contributed by atoms with Crippen LogP contribution in [0.5, 0.6) is 11.5 Å². The summed E-state index contributed by atoms with van der Waals surface area (Å²) >= 11 is 1.23. The van der Waals surface area contributed by atoms with E-state index in [1.807, 2.05) is 18.2 Å². The summed E-state index contributed by atoms with van der Waals surface area (Å²) in [6.45, 7) is 0.433. The van der Waals surface area contributed by atoms with E-state index in [0.717, 1.165) is 11.6 Å². The molecule has 156 valence electrons. The molecule has 31 heavy (non-hydrogen) atoms. The van der Waals surface area contributed by atoms with Gasteiger partial charge in [0.05, 0.1) is 17.4 Å². The molecule has 0 aliphatic carbocycles. The maximum Gasteiger partial charge on any atom is 0.262 e. The lowest BCUT2D eigenvalue weighted by Crippen LogP contribution is -2.24. The summed E-state index contributed by atoms with van der Waals surface area (Å²) in [7, 11) is 0. The number of thioether (sulfide) groups is 1. The molecule has 4 aromatic rings. The summed E-state index contributed by atoms with van der Waals surface area (Å²) < 4.78 is 39.6. The van der Waals surface area contributed by atoms with Crippen molar-refractivity contribution in [1.82, 2.24) is 9.55 Å². The summed E-state index contributed by atoms with van der Waals surface area (Å²) in [5.41, 5.74) is 1.56. The number of ether oxygens (including phenoxy) is 2. The van der Waals surface area contributed by atoms with Crippen molar-refractivity contribution in [2.24, 2.45) is 0 Å². The normalized spacial score (nSPS) is 12.5. The van der Waals surface area contributed by atoms with Crippen LogP contribution in [0.25, 0.3) is 10.9 Å². The van der Waals surface area contributed by atoms with Gasteiger partial charge in [0.1, 0.15) is 11.6 Å². The third-order valence-electron chi connectivity index (χ3n) is 4.98. The van der Waals surface area contributed by atoms with E-state index in [2.05, 4.69) is 4.98 Å². The van der Waals surface area contributed by atoms with Crippen LogP contribution in [-0.2, 0) is 12.3 Å². The van der Waals surface area contributed by atoms with Crippen molar-refractivity contribution in [3.63, 3.8) is 0 Å². The molecule has 1 aromatic heterocycles. The van der Waals surface area contributed by atoms with Gasteiger partial charge < -0.3 is 9.47 Å². The fourth-order valence-electron chi connectivity index (χ4n) is 3.40. The molecule has 0 saturated heterocycles. The van der Waals surface area contributed by atoms with Crippen molar-refractivity contribution in [2.75, 3.05) is 6.79 Å². The van der Waals surface area contributed by atoms with Gasteiger partial charge in [-0.3, -0.25) is 9.36 Å². The fourth-order valence-corrected chi connectivity index (χ4v) is 4.39. The number of aromatic nitrogens is 2. The summed E-state index contributed by atoms with van der Waals surface area (Å²) in [4.78, 5) is 17.9. The molecule has 1 aliphatic heterocycles. The predicted octanol–water partition coefficient (Wildman–Crippen LogP) is 4.74. The Balaban J connectivity index is 1.53. The van der Waals surface area contributed by atoms with Crippen molar-refractivity contribution in [3.05, 3.63) is 93.8 Å². The van der Waals surface area contributed by atoms with Crippen LogP contribution >= 0.6 is 11.8 Å². The minimum atomic E-state index is -0.630. The lowest BCUT2D eigenvalue weighted by Gasteiger charge is -2.14. The van der Waals surface area contributed by atoms with Crippen LogP contribution in [0.3, 0.4) is 0 Å². The highest BCUT2D eigenvalue weighted by molar-refractivity contribution is 7.98. The van der Waals surface area contributed by atoms with Crippen LogP contribution in [0.15, 0.2) is 70.6 Å². The molecule has 5 nitrogen and oxygen atoms in total. The zero-order valence-corrected chi connectivity index (χ0v) is 17.0. The number of fused-ring (bicyclic) bond motifs is 2. The van der Waals surface area contributed by atoms with E-state index in [0.29, 0.717) is 33.1 Å². The van der Waals surface area contributed by atoms with Gasteiger partial charge in [-0.15, -0.1) is 0 Å². The van der Waals surface area contributed by atoms with Crippen LogP contribution in [0, 0.1) is 11.6 Å². The van der Waals surface area contributed by atoms with E-state index in [1.54, 1.807) is 28.8 Å². The second kappa shape index (κ2) is 8.03. The smallest absolute Gasteiger partial charge is 0.262 e. The average Bonchev–Trinajstić information content (AvgIpc) is 3.23. The third-order valence-corrected chi connectivity index (χ3v) is 6.00. The number of halogens is 2. The zero-order chi connectivity index (χ0) is 21.4. The van der Waals surface area contributed by atoms with Gasteiger partial charge in [-0.1, -0.05) is 36.0 Å². The molecule has 2 heterocycles. The summed E-state index contributed by atoms with van der Waals surface area (Å²) in [6, 6.07) is 16.1. The Morgan fingerprint density at radius 1 is 1.00 bits per heavy atom. The maximum absolute atomic E-state index is 14.1. The van der Waals surface area contributed by atoms with Crippen LogP contribution in [0.4, 0.5) is 8.78 Å². The molecule has 0 unspecified atom stereocenters. The molecule has 0 fully saturated rings. The average molecular weight is 438 g/mol. The van der Waals surface area contributed by atoms with Gasteiger partial charge >= 0.3 is 0 Å². The highest BCUT2D eigenvalue weighted by Gasteiger charge is 2.17. The number of hydrogen-bond donors (Lipinski definition) is 0. The van der Waals surface area contributed by atoms with Gasteiger partial charge in [0.2, 0.25) is 6.79 Å². The van der Waals surface area contributed by atoms with Crippen molar-refractivity contribution < 1.29 is 18.3 Å². The van der Waals surface area contributed by atoms with Crippen molar-refractivity contribution in [2.45, 2.75) is 17.5 Å². The first-order valence-electron chi connectivity index (χ1n) is 9.53. The first-order chi connectivity index (χ1) is 15.1. The number of para-hydroxylation sites is 1. The van der Waals surface area contributed by atoms with Gasteiger partial charge in [-0.2, -0.15) is 0 Å². The van der Waals surface area contributed by atoms with Gasteiger partial charge in [0.15, 0.2) is 16.7 Å². The molecule has 1 aliphatic rings. The molecular weight excluding hydrogens is 422 g/mol. The molecule has 5 rings (SSSR count). The molecular formula is C23H16F2N2O3S. The van der Waals surface area contributed by atoms with E-state index in [4.69, 9.17) is 9.47 Å². The monoisotopic (exact) mass is 438 g/mol. The summed E-state index contributed by atoms with van der Waals surface area (Å²) in [5.74, 6) is 0.238. The molecule has 0 radical (unpaired) electrons. The number of hydrogen-bond acceptors (Lipinski definition) is 5. The SMILES string of the molecule is O=c1c2ccccc2nc(SCc2ccc(F)cc2F)n1Cc1ccc2c(c1)OCO2. The van der Waals surface area contributed by atoms with Crippen molar-refractivity contribution >= 4 is 22.7 Å². The number of nitrogens with zero attached hydrogens (tertiary/aromatic N) is 2. The largest absolute Gasteiger partial charge is 0.454 e. The Morgan fingerprint density at radius 2 is 1.84 bits per heavy atom. The highest BCUT2D eigenvalue weighted by Crippen LogP contribution is 2.33. The van der Waals surface area contributed by atoms with E-state index < -0.39 is 11.6 Å². The first kappa shape index (κ1) is 19.6. The molecule has 0 atom stereocenters. The third kappa shape index (κ3) is 3.86. The van der Waals surface area contributed by atoms with Gasteiger partial charge in [0.25, 0.3) is 5.56 Å². The standard InChI is InChI=1S/C23H16F2N2O3S/c24-16-7-6-15(18(25)10-16)12-31-23-26-19-4-2-1-3-17(19)22(28)27(23)11-14-5-8-20-21(9-14)30-13-29-20/h1-10H,11-13H2. The van der Waals surface area contributed by atoms with Crippen LogP contribution < -0.4 is 15.0 Å². The molecule has 0 bridgehead atoms. The Hall–Kier alpha value is -3.39. The number of rotatable bonds is 5. The predicted molar refractivity (Wildman–Crippen MR) is 114 cm³/mol. The molecule has 0 saturated carbocycles. The van der Waals surface area contributed by atoms with Gasteiger partial charge in [-0.05, 0) is 41.5 Å². The lowest BCUT2D eigenvalue weighted by atomic mass is 10.2. The van der Waals surface area contributed by atoms with Crippen molar-refractivity contribution in [1.29, 1.82) is 0 Å². The molecule has 0 N–H and O–H groups in total. The Morgan fingerprint density at radius 3 is 2.71 bits per heavy atom. The molecule has 3 aromatic carbocycles. The Bertz CT molecular complexity index is 1360. The Labute approximate surface area is 180 Å². The zero-order valence-electron chi connectivity index (χ0n) is 16.2. The van der Waals surface area contributed by atoms with Gasteiger partial charge in [-0.25, -0.2) is 13.8 Å². The summed E-state index contributed by atoms with van der Waals surface area (Å²) in [5, 5.41) is 0.950. The van der Waals surface area contributed by atoms with E-state index in [9.17, 15) is 13.6 Å². The highest BCUT2D eigenvalue weighted by atomic mass is 32.2. The number of benzene rings is 3. The Kier molecular flexibility index (Phi) is 5.07. The van der Waals surface area contributed by atoms with Crippen molar-refractivity contribution in [3.8, 4) is 11.5 Å². The topological polar surface area (TPSA) is 53.4 Å². The van der Waals surface area contributed by atoms with E-state index in [1.165, 1.54) is 23.9 Å². The van der Waals surface area contributed by atoms with Crippen LogP contribution in [0.2, 0.25) is 0 Å². The van der Waals surface area contributed by atoms with E-state index >= 15 is 0 Å². The second-order valence-corrected chi connectivity index (χ2v) is 7.96. The summed E-state index contributed by atoms with van der Waals surface area (Å²) in [6.07, 6.45) is 0. The first-order valence-corrected chi connectivity index (χ1v) is 10.5. The van der Waals surface area contributed by atoms with E-state index in [-0.39, 0.29) is 24.6 Å². The van der Waals surface area contributed by atoms with Crippen LogP contribution in [0.1, 0.15) is 11.1 Å². The van der Waals surface area contributed by atoms with Gasteiger partial charge in [0, 0.05) is 11.8 Å². The molecule has 0 amide bonds. The molecule has 0 spiro atoms. The minimum absolute atomic E-state index is 0.167. The molecule has 8 heteroatoms.